The third kappa shape index (κ3) is 17.2. The number of hydrogen-bond donors (Lipinski definition) is 2. The number of hydrogen-bond acceptors (Lipinski definition) is 12. The molecule has 0 radical (unpaired) electrons. The average Bonchev–Trinajstić information content (AvgIpc) is 3.24. The lowest BCUT2D eigenvalue weighted by Gasteiger charge is -2.54. The molecule has 12 heteroatoms. The summed E-state index contributed by atoms with van der Waals surface area (Å²) >= 11 is 0. The van der Waals surface area contributed by atoms with Crippen molar-refractivity contribution in [3.05, 3.63) is 24.3 Å². The maximum absolute atomic E-state index is 11.8. The number of nitrogens with zero attached hydrogens (tertiary/aromatic N) is 4. The van der Waals surface area contributed by atoms with Gasteiger partial charge in [0.2, 0.25) is 0 Å². The van der Waals surface area contributed by atoms with E-state index in [0.29, 0.717) is 55.6 Å². The number of carbonyl (C=O) groups is 2. The van der Waals surface area contributed by atoms with Crippen molar-refractivity contribution in [2.75, 3.05) is 0 Å². The Labute approximate surface area is 439 Å². The lowest BCUT2D eigenvalue weighted by atomic mass is 9.80. The lowest BCUT2D eigenvalue weighted by molar-refractivity contribution is -0.317. The number of rotatable bonds is 8. The van der Waals surface area contributed by atoms with Gasteiger partial charge in [-0.15, -0.1) is 0 Å². The maximum atomic E-state index is 11.8. The van der Waals surface area contributed by atoms with Crippen LogP contribution in [0.15, 0.2) is 24.3 Å². The topological polar surface area (TPSA) is 124 Å². The van der Waals surface area contributed by atoms with E-state index < -0.39 is 0 Å². The van der Waals surface area contributed by atoms with E-state index in [2.05, 4.69) is 155 Å². The largest absolute Gasteiger partial charge is 0.393 e. The summed E-state index contributed by atoms with van der Waals surface area (Å²) in [5, 5.41) is 28.6. The van der Waals surface area contributed by atoms with Crippen LogP contribution >= 0.6 is 0 Å². The fraction of sp³-hybridized carbons (Fsp3) is 0.900. The Bertz CT molecular complexity index is 1710. The predicted octanol–water partition coefficient (Wildman–Crippen LogP) is 13.0. The first-order chi connectivity index (χ1) is 33.2. The Balaban J connectivity index is 0.000000178. The van der Waals surface area contributed by atoms with Gasteiger partial charge in [0.25, 0.3) is 0 Å². The highest BCUT2D eigenvalue weighted by Gasteiger charge is 2.50. The Morgan fingerprint density at radius 3 is 0.861 bits per heavy atom. The van der Waals surface area contributed by atoms with E-state index in [0.717, 1.165) is 77.0 Å². The van der Waals surface area contributed by atoms with Gasteiger partial charge in [0.05, 0.1) is 36.6 Å². The summed E-state index contributed by atoms with van der Waals surface area (Å²) in [6.45, 7) is 34.3. The molecule has 8 aliphatic rings. The highest BCUT2D eigenvalue weighted by Crippen LogP contribution is 2.43. The zero-order valence-corrected chi connectivity index (χ0v) is 48.9. The van der Waals surface area contributed by atoms with E-state index >= 15 is 0 Å². The Kier molecular flexibility index (Phi) is 21.1. The number of aliphatic hydroxyl groups is 2. The monoisotopic (exact) mass is 1010 g/mol. The minimum atomic E-state index is -0.221. The van der Waals surface area contributed by atoms with Gasteiger partial charge in [0, 0.05) is 70.0 Å². The first-order valence-electron chi connectivity index (χ1n) is 28.8. The molecular weight excluding hydrogens is 905 g/mol. The molecule has 4 aliphatic carbocycles. The first-order valence-corrected chi connectivity index (χ1v) is 28.8. The molecule has 6 fully saturated rings. The van der Waals surface area contributed by atoms with Gasteiger partial charge in [-0.2, -0.15) is 20.3 Å². The van der Waals surface area contributed by atoms with Crippen LogP contribution in [0.5, 0.6) is 0 Å². The summed E-state index contributed by atoms with van der Waals surface area (Å²) in [6.07, 6.45) is 34.1. The second-order valence-corrected chi connectivity index (χ2v) is 28.3. The van der Waals surface area contributed by atoms with Crippen molar-refractivity contribution < 1.29 is 39.2 Å². The molecule has 2 saturated carbocycles. The Morgan fingerprint density at radius 1 is 0.361 bits per heavy atom. The minimum Gasteiger partial charge on any atom is -0.393 e. The molecule has 72 heavy (non-hydrogen) atoms. The summed E-state index contributed by atoms with van der Waals surface area (Å²) in [6, 6.07) is 0. The van der Waals surface area contributed by atoms with Crippen LogP contribution < -0.4 is 0 Å². The van der Waals surface area contributed by atoms with Crippen molar-refractivity contribution in [1.29, 1.82) is 0 Å². The predicted molar refractivity (Wildman–Crippen MR) is 291 cm³/mol. The number of ketones is 2. The van der Waals surface area contributed by atoms with Crippen LogP contribution in [0.2, 0.25) is 0 Å². The summed E-state index contributed by atoms with van der Waals surface area (Å²) in [7, 11) is 0. The molecule has 0 aromatic heterocycles. The van der Waals surface area contributed by atoms with Crippen molar-refractivity contribution in [3.63, 3.8) is 0 Å². The quantitative estimate of drug-likeness (QED) is 0.225. The maximum Gasteiger partial charge on any atom is 0.136 e. The van der Waals surface area contributed by atoms with Crippen molar-refractivity contribution in [2.45, 2.75) is 346 Å². The zero-order valence-electron chi connectivity index (χ0n) is 48.9. The molecule has 416 valence electrons. The molecule has 8 rings (SSSR count). The highest BCUT2D eigenvalue weighted by molar-refractivity contribution is 5.82. The van der Waals surface area contributed by atoms with Gasteiger partial charge >= 0.3 is 0 Å². The summed E-state index contributed by atoms with van der Waals surface area (Å²) in [5.74, 6) is 0.696. The van der Waals surface area contributed by atoms with Crippen molar-refractivity contribution in [3.8, 4) is 0 Å². The number of allylic oxidation sites excluding steroid dienone is 2. The number of hydroxylamine groups is 8. The molecule has 12 nitrogen and oxygen atoms in total. The highest BCUT2D eigenvalue weighted by atomic mass is 16.7. The van der Waals surface area contributed by atoms with Crippen LogP contribution in [-0.4, -0.2) is 123 Å². The minimum absolute atomic E-state index is 0.0847. The molecule has 0 amide bonds. The molecule has 2 N–H and O–H groups in total. The van der Waals surface area contributed by atoms with Gasteiger partial charge in [-0.1, -0.05) is 62.8 Å². The number of aliphatic hydroxyl groups excluding tert-OH is 2. The van der Waals surface area contributed by atoms with Gasteiger partial charge in [0.1, 0.15) is 11.6 Å². The first kappa shape index (κ1) is 61.3. The number of carbonyl (C=O) groups excluding carboxylic acids is 2. The molecule has 2 unspecified atom stereocenters. The van der Waals surface area contributed by atoms with Crippen LogP contribution in [-0.2, 0) is 28.9 Å². The summed E-state index contributed by atoms with van der Waals surface area (Å²) in [4.78, 5) is 48.8. The zero-order chi connectivity index (χ0) is 53.6. The molecule has 2 atom stereocenters. The van der Waals surface area contributed by atoms with Crippen LogP contribution in [0.4, 0.5) is 0 Å². The number of piperidine rings is 4. The molecule has 4 heterocycles. The van der Waals surface area contributed by atoms with E-state index in [1.54, 1.807) is 0 Å². The van der Waals surface area contributed by atoms with Crippen molar-refractivity contribution >= 4 is 11.6 Å². The van der Waals surface area contributed by atoms with E-state index in [1.807, 2.05) is 0 Å². The van der Waals surface area contributed by atoms with E-state index in [9.17, 15) is 19.8 Å². The molecule has 0 bridgehead atoms. The normalized spacial score (nSPS) is 31.0. The molecule has 4 aliphatic heterocycles. The van der Waals surface area contributed by atoms with Crippen LogP contribution in [0.3, 0.4) is 0 Å². The van der Waals surface area contributed by atoms with Gasteiger partial charge < -0.3 is 10.2 Å². The van der Waals surface area contributed by atoms with Crippen LogP contribution in [0, 0.1) is 0 Å². The second-order valence-electron chi connectivity index (χ2n) is 28.3. The van der Waals surface area contributed by atoms with E-state index in [1.165, 1.54) is 51.4 Å². The Morgan fingerprint density at radius 2 is 0.611 bits per heavy atom. The molecule has 0 aromatic rings. The molecule has 0 spiro atoms. The van der Waals surface area contributed by atoms with E-state index in [-0.39, 0.29) is 62.6 Å². The van der Waals surface area contributed by atoms with E-state index in [4.69, 9.17) is 19.4 Å². The van der Waals surface area contributed by atoms with Gasteiger partial charge in [-0.05, 0) is 201 Å². The van der Waals surface area contributed by atoms with Crippen molar-refractivity contribution in [1.82, 2.24) is 20.3 Å². The smallest absolute Gasteiger partial charge is 0.136 e. The standard InChI is InChI=1S/C15H29NO2.2C15H27NO2.C15H25NO2/c4*1-14(2)10-12(17)11-15(3,4)16(14)18-13-8-6-5-7-9-13/h12-13,17H,5-11H2,1-4H3;13H,5-11H2,1-4H3;5-6,12-13,17H,7-11H2,1-4H3;5-6,13H,7-11H2,1-4H3. The molecule has 0 aromatic carbocycles. The average molecular weight is 1010 g/mol. The summed E-state index contributed by atoms with van der Waals surface area (Å²) in [5.41, 5.74) is -1.17. The van der Waals surface area contributed by atoms with Gasteiger partial charge in [-0.3, -0.25) is 28.9 Å². The summed E-state index contributed by atoms with van der Waals surface area (Å²) < 4.78 is 0. The molecular formula is C60H108N4O8. The number of Topliss-reactive ketones (excluding diaryl/α,β-unsaturated/α-hetero) is 2. The van der Waals surface area contributed by atoms with Gasteiger partial charge in [0.15, 0.2) is 0 Å². The third-order valence-electron chi connectivity index (χ3n) is 16.4. The third-order valence-corrected chi connectivity index (χ3v) is 16.4. The van der Waals surface area contributed by atoms with Gasteiger partial charge in [-0.25, -0.2) is 0 Å². The van der Waals surface area contributed by atoms with Crippen molar-refractivity contribution in [2.24, 2.45) is 0 Å². The SMILES string of the molecule is CC1(C)CC(=O)CC(C)(C)N1OC1CC=CCC1.CC1(C)CC(=O)CC(C)(C)N1OC1CCCCC1.CC1(C)CC(O)CC(C)(C)N1OC1CC=CCC1.CC1(C)CC(O)CC(C)(C)N1OC1CCCCC1. The fourth-order valence-electron chi connectivity index (χ4n) is 14.2. The Hall–Kier alpha value is -1.58. The van der Waals surface area contributed by atoms with Crippen LogP contribution in [0.1, 0.15) is 265 Å². The van der Waals surface area contributed by atoms with Crippen LogP contribution in [0.25, 0.3) is 0 Å². The fourth-order valence-corrected chi connectivity index (χ4v) is 14.2. The lowest BCUT2D eigenvalue weighted by Crippen LogP contribution is -2.62. The second kappa shape index (κ2) is 24.8. The molecule has 4 saturated heterocycles.